The topological polar surface area (TPSA) is 64.3 Å². The number of hydrogen-bond donors (Lipinski definition) is 2. The van der Waals surface area contributed by atoms with Crippen molar-refractivity contribution in [2.24, 2.45) is 5.92 Å². The molecule has 1 aromatic carbocycles. The maximum atomic E-state index is 12.0. The van der Waals surface area contributed by atoms with Gasteiger partial charge in [0.05, 0.1) is 23.9 Å². The summed E-state index contributed by atoms with van der Waals surface area (Å²) >= 11 is 0. The van der Waals surface area contributed by atoms with Crippen LogP contribution in [0.3, 0.4) is 0 Å². The Morgan fingerprint density at radius 3 is 3.00 bits per heavy atom. The van der Waals surface area contributed by atoms with Gasteiger partial charge in [-0.25, -0.2) is 0 Å². The molecule has 0 spiro atoms. The molecule has 1 saturated heterocycles. The first kappa shape index (κ1) is 11.9. The lowest BCUT2D eigenvalue weighted by molar-refractivity contribution is -0.123. The number of rotatable bonds is 2. The molecule has 1 amide bonds. The van der Waals surface area contributed by atoms with Gasteiger partial charge >= 0.3 is 0 Å². The highest BCUT2D eigenvalue weighted by atomic mass is 16.5. The van der Waals surface area contributed by atoms with Crippen LogP contribution in [0.4, 0.5) is 11.4 Å². The fraction of sp³-hybridized carbons (Fsp3) is 0.462. The molecule has 1 atom stereocenters. The van der Waals surface area contributed by atoms with Gasteiger partial charge in [-0.05, 0) is 31.4 Å². The predicted molar refractivity (Wildman–Crippen MR) is 67.8 cm³/mol. The SMILES string of the molecule is Cc1cccc(N)c1NC(=O)C1CCCOC1. The van der Waals surface area contributed by atoms with Crippen molar-refractivity contribution in [1.29, 1.82) is 0 Å². The molecule has 0 radical (unpaired) electrons. The van der Waals surface area contributed by atoms with Gasteiger partial charge in [0.2, 0.25) is 5.91 Å². The van der Waals surface area contributed by atoms with Crippen LogP contribution in [0.25, 0.3) is 0 Å². The molecule has 0 saturated carbocycles. The number of anilines is 2. The van der Waals surface area contributed by atoms with Gasteiger partial charge in [0.25, 0.3) is 0 Å². The molecule has 2 rings (SSSR count). The Kier molecular flexibility index (Phi) is 3.64. The van der Waals surface area contributed by atoms with E-state index in [9.17, 15) is 4.79 Å². The Morgan fingerprint density at radius 2 is 2.35 bits per heavy atom. The molecule has 4 nitrogen and oxygen atoms in total. The largest absolute Gasteiger partial charge is 0.397 e. The molecule has 1 aliphatic rings. The predicted octanol–water partition coefficient (Wildman–Crippen LogP) is 1.94. The molecule has 0 bridgehead atoms. The summed E-state index contributed by atoms with van der Waals surface area (Å²) in [4.78, 5) is 12.0. The number of ether oxygens (including phenoxy) is 1. The number of carbonyl (C=O) groups excluding carboxylic acids is 1. The molecule has 4 heteroatoms. The number of aryl methyl sites for hydroxylation is 1. The van der Waals surface area contributed by atoms with E-state index in [1.54, 1.807) is 6.07 Å². The summed E-state index contributed by atoms with van der Waals surface area (Å²) in [5.41, 5.74) is 8.17. The van der Waals surface area contributed by atoms with E-state index < -0.39 is 0 Å². The lowest BCUT2D eigenvalue weighted by atomic mass is 10.0. The van der Waals surface area contributed by atoms with Crippen molar-refractivity contribution in [3.05, 3.63) is 23.8 Å². The minimum atomic E-state index is -0.0530. The van der Waals surface area contributed by atoms with Gasteiger partial charge in [0, 0.05) is 6.61 Å². The van der Waals surface area contributed by atoms with Crippen molar-refractivity contribution in [3.8, 4) is 0 Å². The minimum Gasteiger partial charge on any atom is -0.397 e. The number of carbonyl (C=O) groups is 1. The molecular formula is C13H18N2O2. The van der Waals surface area contributed by atoms with E-state index in [0.29, 0.717) is 12.3 Å². The van der Waals surface area contributed by atoms with Crippen LogP contribution in [-0.4, -0.2) is 19.1 Å². The monoisotopic (exact) mass is 234 g/mol. The molecule has 1 heterocycles. The Morgan fingerprint density at radius 1 is 1.53 bits per heavy atom. The van der Waals surface area contributed by atoms with Crippen LogP contribution in [0.5, 0.6) is 0 Å². The Hall–Kier alpha value is -1.55. The van der Waals surface area contributed by atoms with Crippen LogP contribution >= 0.6 is 0 Å². The van der Waals surface area contributed by atoms with Crippen LogP contribution < -0.4 is 11.1 Å². The van der Waals surface area contributed by atoms with Crippen molar-refractivity contribution in [1.82, 2.24) is 0 Å². The molecule has 3 N–H and O–H groups in total. The summed E-state index contributed by atoms with van der Waals surface area (Å²) in [5.74, 6) is -0.0477. The van der Waals surface area contributed by atoms with Crippen molar-refractivity contribution in [2.75, 3.05) is 24.3 Å². The zero-order chi connectivity index (χ0) is 12.3. The molecule has 1 fully saturated rings. The number of amides is 1. The van der Waals surface area contributed by atoms with Gasteiger partial charge in [-0.3, -0.25) is 4.79 Å². The first-order chi connectivity index (χ1) is 8.18. The summed E-state index contributed by atoms with van der Waals surface area (Å²) in [7, 11) is 0. The molecule has 1 aliphatic heterocycles. The quantitative estimate of drug-likeness (QED) is 0.769. The van der Waals surface area contributed by atoms with Crippen LogP contribution in [-0.2, 0) is 9.53 Å². The van der Waals surface area contributed by atoms with Crippen molar-refractivity contribution in [3.63, 3.8) is 0 Å². The highest BCUT2D eigenvalue weighted by Gasteiger charge is 2.22. The second-order valence-corrected chi connectivity index (χ2v) is 4.44. The maximum absolute atomic E-state index is 12.0. The summed E-state index contributed by atoms with van der Waals surface area (Å²) in [6.45, 7) is 3.21. The lowest BCUT2D eigenvalue weighted by Gasteiger charge is -2.22. The van der Waals surface area contributed by atoms with E-state index in [1.165, 1.54) is 0 Å². The zero-order valence-electron chi connectivity index (χ0n) is 10.0. The zero-order valence-corrected chi connectivity index (χ0v) is 10.0. The normalized spacial score (nSPS) is 19.9. The molecule has 0 aliphatic carbocycles. The average molecular weight is 234 g/mol. The van der Waals surface area contributed by atoms with Crippen molar-refractivity contribution < 1.29 is 9.53 Å². The highest BCUT2D eigenvalue weighted by Crippen LogP contribution is 2.24. The van der Waals surface area contributed by atoms with Gasteiger partial charge in [0.15, 0.2) is 0 Å². The van der Waals surface area contributed by atoms with Crippen molar-refractivity contribution >= 4 is 17.3 Å². The van der Waals surface area contributed by atoms with E-state index in [4.69, 9.17) is 10.5 Å². The van der Waals surface area contributed by atoms with E-state index in [1.807, 2.05) is 19.1 Å². The Balaban J connectivity index is 2.07. The van der Waals surface area contributed by atoms with Gasteiger partial charge in [-0.15, -0.1) is 0 Å². The van der Waals surface area contributed by atoms with Gasteiger partial charge < -0.3 is 15.8 Å². The summed E-state index contributed by atoms with van der Waals surface area (Å²) < 4.78 is 5.31. The molecule has 1 aromatic rings. The Labute approximate surface area is 101 Å². The minimum absolute atomic E-state index is 0.00528. The van der Waals surface area contributed by atoms with Crippen LogP contribution in [0, 0.1) is 12.8 Å². The Bertz CT molecular complexity index is 392. The number of hydrogen-bond acceptors (Lipinski definition) is 3. The van der Waals surface area contributed by atoms with Crippen LogP contribution in [0.15, 0.2) is 18.2 Å². The van der Waals surface area contributed by atoms with Gasteiger partial charge in [-0.1, -0.05) is 12.1 Å². The lowest BCUT2D eigenvalue weighted by Crippen LogP contribution is -2.30. The molecular weight excluding hydrogens is 216 g/mol. The first-order valence-electron chi connectivity index (χ1n) is 5.92. The standard InChI is InChI=1S/C13H18N2O2/c1-9-4-2-6-11(14)12(9)15-13(16)10-5-3-7-17-8-10/h2,4,6,10H,3,5,7-8,14H2,1H3,(H,15,16). The summed E-state index contributed by atoms with van der Waals surface area (Å²) in [5, 5.41) is 2.90. The molecule has 92 valence electrons. The van der Waals surface area contributed by atoms with Gasteiger partial charge in [-0.2, -0.15) is 0 Å². The third-order valence-corrected chi connectivity index (χ3v) is 3.08. The number of para-hydroxylation sites is 1. The van der Waals surface area contributed by atoms with E-state index in [-0.39, 0.29) is 11.8 Å². The summed E-state index contributed by atoms with van der Waals surface area (Å²) in [6, 6.07) is 5.60. The average Bonchev–Trinajstić information content (AvgIpc) is 2.35. The third kappa shape index (κ3) is 2.77. The fourth-order valence-corrected chi connectivity index (χ4v) is 2.03. The highest BCUT2D eigenvalue weighted by molar-refractivity contribution is 5.96. The van der Waals surface area contributed by atoms with E-state index in [2.05, 4.69) is 5.32 Å². The van der Waals surface area contributed by atoms with Gasteiger partial charge in [0.1, 0.15) is 0 Å². The molecule has 0 aromatic heterocycles. The molecule has 17 heavy (non-hydrogen) atoms. The summed E-state index contributed by atoms with van der Waals surface area (Å²) in [6.07, 6.45) is 1.83. The van der Waals surface area contributed by atoms with Crippen LogP contribution in [0.2, 0.25) is 0 Å². The number of nitrogens with one attached hydrogen (secondary N) is 1. The number of nitrogen functional groups attached to an aromatic ring is 1. The molecule has 1 unspecified atom stereocenters. The van der Waals surface area contributed by atoms with Crippen LogP contribution in [0.1, 0.15) is 18.4 Å². The fourth-order valence-electron chi connectivity index (χ4n) is 2.03. The second-order valence-electron chi connectivity index (χ2n) is 4.44. The maximum Gasteiger partial charge on any atom is 0.229 e. The van der Waals surface area contributed by atoms with E-state index >= 15 is 0 Å². The number of benzene rings is 1. The first-order valence-corrected chi connectivity index (χ1v) is 5.92. The van der Waals surface area contributed by atoms with Crippen molar-refractivity contribution in [2.45, 2.75) is 19.8 Å². The number of nitrogens with two attached hydrogens (primary N) is 1. The smallest absolute Gasteiger partial charge is 0.229 e. The third-order valence-electron chi connectivity index (χ3n) is 3.08. The van der Waals surface area contributed by atoms with E-state index in [0.717, 1.165) is 30.7 Å². The second kappa shape index (κ2) is 5.19.